The average molecular weight is 1980 g/mol. The normalized spacial score (nSPS) is 21.4. The third-order valence-corrected chi connectivity index (χ3v) is 25.0. The fourth-order valence-corrected chi connectivity index (χ4v) is 16.3. The number of carbonyl (C=O) groups excluding carboxylic acids is 16. The molecule has 3 aromatic rings. The second-order valence-corrected chi connectivity index (χ2v) is 37.4. The first-order chi connectivity index (χ1) is 67.4. The van der Waals surface area contributed by atoms with Gasteiger partial charge in [0, 0.05) is 108 Å². The number of hydrogen-bond acceptors (Lipinski definition) is 28. The van der Waals surface area contributed by atoms with Gasteiger partial charge in [-0.1, -0.05) is 147 Å². The molecule has 2 fully saturated rings. The molecule has 2 saturated heterocycles. The third-order valence-electron chi connectivity index (χ3n) is 25.0. The van der Waals surface area contributed by atoms with Crippen LogP contribution in [0.5, 0.6) is 5.75 Å². The summed E-state index contributed by atoms with van der Waals surface area (Å²) in [6, 6.07) is 15.7. The Balaban J connectivity index is 0.000000778. The lowest BCUT2D eigenvalue weighted by atomic mass is 9.88. The maximum atomic E-state index is 14.8. The minimum atomic E-state index is -1.49. The minimum absolute atomic E-state index is 0.00216. The maximum Gasteiger partial charge on any atom is 0.251 e. The molecule has 38 nitrogen and oxygen atoms in total. The summed E-state index contributed by atoms with van der Waals surface area (Å²) in [5.41, 5.74) is 27.0. The Morgan fingerprint density at radius 1 is 0.511 bits per heavy atom. The fraction of sp³-hybridized carbons (Fsp3) is 0.670. The van der Waals surface area contributed by atoms with Crippen molar-refractivity contribution < 1.29 is 116 Å². The van der Waals surface area contributed by atoms with Crippen molar-refractivity contribution in [1.82, 2.24) is 53.2 Å². The fourth-order valence-electron chi connectivity index (χ4n) is 16.3. The van der Waals surface area contributed by atoms with E-state index in [2.05, 4.69) is 67.0 Å². The molecule has 23 N–H and O–H groups in total. The van der Waals surface area contributed by atoms with Crippen LogP contribution in [0.2, 0.25) is 0 Å². The standard InChI is InChI=1S/C70H118N12O15.C33H46N2O9/c1-7-9-10-11-12-20-25-64(91)77-56(31-37-75-63(90)24-19-14-13-18-23-50(85)8-2)62(89)43-52(46(6)84)68(95)79-54(27-33-72)59(86)40-48-30-36-76-67(94)51(45(5)83)42-61(88)55(28-34-73)80-69(96)57(29-35-74)81-70(97)58(38-44(3)4)82-66(93)49(39-47-21-16-15-17-22-47)41-60(87)53(26-32-71)78-65(48)92;1-3-4-5-17-35-32(41)25-10-6-9-24(20-25)23-13-15-27(16-14-23)43-21-26(36)11-7-18-34-28(37)12-8-19-42-33-31(40)30(39)29(38)22(2)44-33/h15-17,21-22,44-46,48-49,51-58,83-84H,7-14,18-20,23-43,71-74H2,1-6H3,(H,75,90)(H,76,94)(H,77,91)(H,78,92)(H,79,95)(H,80,96)(H,81,97)(H,82,93);6,9-10,13-16,20,22,29-31,33,38-40H,3-5,7-8,11-12,17-19,21H2,1-2H3,(H,34,37)(H,35,41)/t45-,46-,48-,49+,51+,52+,53+,54+,55+,56+,57+,58+;22-,29-,30?,31-,33?/m10/s1. The van der Waals surface area contributed by atoms with Gasteiger partial charge in [-0.3, -0.25) is 76.7 Å². The maximum absolute atomic E-state index is 14.8. The van der Waals surface area contributed by atoms with Crippen molar-refractivity contribution in [1.29, 1.82) is 0 Å². The van der Waals surface area contributed by atoms with Crippen LogP contribution >= 0.6 is 0 Å². The Hall–Kier alpha value is -10.3. The van der Waals surface area contributed by atoms with E-state index in [0.29, 0.717) is 68.5 Å². The van der Waals surface area contributed by atoms with E-state index >= 15 is 0 Å². The van der Waals surface area contributed by atoms with Gasteiger partial charge in [0.15, 0.2) is 35.2 Å². The van der Waals surface area contributed by atoms with Crippen molar-refractivity contribution in [2.45, 2.75) is 346 Å². The topological polar surface area (TPSA) is 626 Å². The highest BCUT2D eigenvalue weighted by atomic mass is 16.7. The molecular formula is C103H164N14O24. The Labute approximate surface area is 830 Å². The second-order valence-electron chi connectivity index (χ2n) is 37.4. The summed E-state index contributed by atoms with van der Waals surface area (Å²) in [4.78, 5) is 218. The summed E-state index contributed by atoms with van der Waals surface area (Å²) >= 11 is 0. The molecule has 790 valence electrons. The molecule has 141 heavy (non-hydrogen) atoms. The van der Waals surface area contributed by atoms with Gasteiger partial charge in [-0.15, -0.1) is 0 Å². The van der Waals surface area contributed by atoms with Crippen LogP contribution in [0.25, 0.3) is 11.1 Å². The van der Waals surface area contributed by atoms with Gasteiger partial charge in [0.25, 0.3) is 5.91 Å². The first kappa shape index (κ1) is 123. The Morgan fingerprint density at radius 3 is 1.69 bits per heavy atom. The lowest BCUT2D eigenvalue weighted by Crippen LogP contribution is -2.57. The van der Waals surface area contributed by atoms with Gasteiger partial charge in [-0.25, -0.2) is 0 Å². The number of unbranched alkanes of at least 4 members (excludes halogenated alkanes) is 10. The van der Waals surface area contributed by atoms with E-state index in [1.54, 1.807) is 55.5 Å². The molecule has 2 aliphatic heterocycles. The van der Waals surface area contributed by atoms with Gasteiger partial charge in [0.05, 0.1) is 60.9 Å². The number of nitrogens with one attached hydrogen (secondary N) is 10. The van der Waals surface area contributed by atoms with Crippen molar-refractivity contribution in [2.75, 3.05) is 65.6 Å². The van der Waals surface area contributed by atoms with Crippen molar-refractivity contribution in [2.24, 2.45) is 52.5 Å². The molecule has 17 atom stereocenters. The van der Waals surface area contributed by atoms with Crippen LogP contribution < -0.4 is 80.8 Å². The highest BCUT2D eigenvalue weighted by Gasteiger charge is 2.43. The van der Waals surface area contributed by atoms with Crippen LogP contribution in [0, 0.1) is 29.6 Å². The number of carbonyl (C=O) groups is 16. The van der Waals surface area contributed by atoms with E-state index < -0.39 is 193 Å². The van der Waals surface area contributed by atoms with E-state index in [1.807, 2.05) is 51.1 Å². The number of aliphatic hydroxyl groups is 5. The predicted molar refractivity (Wildman–Crippen MR) is 532 cm³/mol. The van der Waals surface area contributed by atoms with Gasteiger partial charge >= 0.3 is 0 Å². The van der Waals surface area contributed by atoms with Crippen molar-refractivity contribution in [3.8, 4) is 16.9 Å². The number of benzene rings is 3. The number of hydrogen-bond donors (Lipinski definition) is 19. The first-order valence-corrected chi connectivity index (χ1v) is 50.8. The van der Waals surface area contributed by atoms with E-state index in [4.69, 9.17) is 37.1 Å². The zero-order valence-electron chi connectivity index (χ0n) is 84.1. The quantitative estimate of drug-likeness (QED) is 0.0346. The summed E-state index contributed by atoms with van der Waals surface area (Å²) in [6.07, 6.45) is 2.23. The molecule has 0 aromatic heterocycles. The monoisotopic (exact) mass is 1980 g/mol. The van der Waals surface area contributed by atoms with E-state index in [0.717, 1.165) is 81.8 Å². The lowest BCUT2D eigenvalue weighted by Gasteiger charge is -2.38. The average Bonchev–Trinajstić information content (AvgIpc) is 1.01. The predicted octanol–water partition coefficient (Wildman–Crippen LogP) is 4.48. The van der Waals surface area contributed by atoms with Crippen LogP contribution in [0.1, 0.15) is 277 Å². The molecule has 38 heteroatoms. The smallest absolute Gasteiger partial charge is 0.251 e. The SMILES string of the molecule is CCCCCCCCC(=O)N[C@@H](CCNC(=O)CCCCCCC(=O)CC)C(=O)C[C@H](C(=O)N[C@@H](CCN)C(=O)C[C@H]1CCNC(=O)[C@H]([C@@H](C)O)CC(=O)[C@H](CCN)NC(=O)[C@H](CCN)NC(=O)[C@H](CC(C)C)NC(=O)[C@@H](Cc2ccccc2)CC(=O)[C@H](CCN)NC1=O)[C@@H](C)O.CCCCCNC(=O)c1cccc(-c2ccc(OCC(=O)CCCNC(=O)CCCOC3O[C@@H](C)[C@H](O)C(O)[C@@H]3O)cc2)c1. The number of ketones is 6. The number of nitrogens with two attached hydrogens (primary N) is 4. The van der Waals surface area contributed by atoms with E-state index in [9.17, 15) is 102 Å². The van der Waals surface area contributed by atoms with Crippen molar-refractivity contribution >= 4 is 93.8 Å². The van der Waals surface area contributed by atoms with Crippen molar-refractivity contribution in [3.05, 3.63) is 90.0 Å². The molecule has 0 aliphatic carbocycles. The number of amides is 10. The molecule has 3 aromatic carbocycles. The number of ether oxygens (including phenoxy) is 3. The van der Waals surface area contributed by atoms with Gasteiger partial charge in [0.2, 0.25) is 53.2 Å². The molecule has 0 spiro atoms. The summed E-state index contributed by atoms with van der Waals surface area (Å²) in [6.45, 7) is 14.0. The minimum Gasteiger partial charge on any atom is -0.486 e. The molecule has 0 bridgehead atoms. The lowest BCUT2D eigenvalue weighted by molar-refractivity contribution is -0.293. The van der Waals surface area contributed by atoms with Gasteiger partial charge in [-0.05, 0) is 184 Å². The number of aliphatic hydroxyl groups excluding tert-OH is 5. The highest BCUT2D eigenvalue weighted by molar-refractivity contribution is 6.00. The molecule has 10 amide bonds. The van der Waals surface area contributed by atoms with Crippen LogP contribution in [-0.2, 0) is 87.8 Å². The molecule has 5 rings (SSSR count). The summed E-state index contributed by atoms with van der Waals surface area (Å²) in [7, 11) is 0. The zero-order valence-corrected chi connectivity index (χ0v) is 84.1. The number of rotatable bonds is 59. The van der Waals surface area contributed by atoms with Crippen LogP contribution in [-0.4, -0.2) is 264 Å². The van der Waals surface area contributed by atoms with E-state index in [1.165, 1.54) is 13.8 Å². The molecular weight excluding hydrogens is 1820 g/mol. The largest absolute Gasteiger partial charge is 0.486 e. The van der Waals surface area contributed by atoms with Crippen molar-refractivity contribution in [3.63, 3.8) is 0 Å². The van der Waals surface area contributed by atoms with Gasteiger partial charge in [-0.2, -0.15) is 0 Å². The summed E-state index contributed by atoms with van der Waals surface area (Å²) < 4.78 is 16.4. The molecule has 2 aliphatic rings. The Kier molecular flexibility index (Phi) is 60.8. The molecule has 0 radical (unpaired) electrons. The van der Waals surface area contributed by atoms with Crippen LogP contribution in [0.4, 0.5) is 0 Å². The Morgan fingerprint density at radius 2 is 1.06 bits per heavy atom. The molecule has 2 unspecified atom stereocenters. The van der Waals surface area contributed by atoms with E-state index in [-0.39, 0.29) is 165 Å². The molecule has 0 saturated carbocycles. The molecule has 2 heterocycles. The Bertz CT molecular complexity index is 4330. The third kappa shape index (κ3) is 48.1. The highest BCUT2D eigenvalue weighted by Crippen LogP contribution is 2.28. The number of Topliss-reactive ketones (excluding diaryl/α,β-unsaturated/α-hetero) is 6. The van der Waals surface area contributed by atoms with Gasteiger partial charge < -0.3 is 116 Å². The summed E-state index contributed by atoms with van der Waals surface area (Å²) in [5, 5.41) is 78.9. The zero-order chi connectivity index (χ0) is 104. The second kappa shape index (κ2) is 69.6. The van der Waals surface area contributed by atoms with Crippen LogP contribution in [0.15, 0.2) is 78.9 Å². The van der Waals surface area contributed by atoms with Crippen LogP contribution in [0.3, 0.4) is 0 Å². The first-order valence-electron chi connectivity index (χ1n) is 50.8. The summed E-state index contributed by atoms with van der Waals surface area (Å²) in [5.74, 6) is -13.6. The van der Waals surface area contributed by atoms with Gasteiger partial charge in [0.1, 0.15) is 48.5 Å².